The molecule has 0 unspecified atom stereocenters. The van der Waals surface area contributed by atoms with Gasteiger partial charge in [0.05, 0.1) is 11.9 Å². The van der Waals surface area contributed by atoms with Crippen LogP contribution in [0.15, 0.2) is 47.1 Å². The van der Waals surface area contributed by atoms with Gasteiger partial charge in [-0.15, -0.1) is 0 Å². The van der Waals surface area contributed by atoms with E-state index in [9.17, 15) is 0 Å². The van der Waals surface area contributed by atoms with Crippen LogP contribution in [-0.2, 0) is 13.2 Å². The molecule has 0 saturated carbocycles. The molecular formula is C13H13BrN2O. The summed E-state index contributed by atoms with van der Waals surface area (Å²) in [5, 5.41) is 0. The average molecular weight is 293 g/mol. The molecule has 1 aromatic carbocycles. The SMILES string of the molecule is NCc1ccc(OCc2ccc(Br)cc2)cn1. The number of benzene rings is 1. The van der Waals surface area contributed by atoms with E-state index < -0.39 is 0 Å². The Kier molecular flexibility index (Phi) is 4.12. The minimum absolute atomic E-state index is 0.451. The molecule has 0 atom stereocenters. The molecule has 2 rings (SSSR count). The van der Waals surface area contributed by atoms with Crippen molar-refractivity contribution in [3.63, 3.8) is 0 Å². The zero-order valence-corrected chi connectivity index (χ0v) is 10.9. The number of rotatable bonds is 4. The van der Waals surface area contributed by atoms with Crippen molar-refractivity contribution < 1.29 is 4.74 Å². The number of nitrogens with zero attached hydrogens (tertiary/aromatic N) is 1. The fraction of sp³-hybridized carbons (Fsp3) is 0.154. The van der Waals surface area contributed by atoms with Gasteiger partial charge < -0.3 is 10.5 Å². The molecule has 2 aromatic rings. The number of halogens is 1. The van der Waals surface area contributed by atoms with E-state index in [0.717, 1.165) is 21.5 Å². The van der Waals surface area contributed by atoms with E-state index in [-0.39, 0.29) is 0 Å². The van der Waals surface area contributed by atoms with Gasteiger partial charge >= 0.3 is 0 Å². The number of hydrogen-bond acceptors (Lipinski definition) is 3. The summed E-state index contributed by atoms with van der Waals surface area (Å²) in [7, 11) is 0. The molecule has 0 bridgehead atoms. The van der Waals surface area contributed by atoms with Gasteiger partial charge in [-0.2, -0.15) is 0 Å². The van der Waals surface area contributed by atoms with Crippen LogP contribution >= 0.6 is 15.9 Å². The smallest absolute Gasteiger partial charge is 0.138 e. The lowest BCUT2D eigenvalue weighted by Crippen LogP contribution is -2.00. The summed E-state index contributed by atoms with van der Waals surface area (Å²) in [5.74, 6) is 0.755. The fourth-order valence-electron chi connectivity index (χ4n) is 1.36. The predicted molar refractivity (Wildman–Crippen MR) is 70.6 cm³/mol. The Morgan fingerprint density at radius 3 is 2.47 bits per heavy atom. The van der Waals surface area contributed by atoms with Gasteiger partial charge in [-0.3, -0.25) is 4.98 Å². The molecule has 0 fully saturated rings. The molecule has 0 aliphatic carbocycles. The molecule has 0 radical (unpaired) electrons. The highest BCUT2D eigenvalue weighted by Gasteiger charge is 1.97. The summed E-state index contributed by atoms with van der Waals surface area (Å²) in [6.45, 7) is 0.990. The maximum Gasteiger partial charge on any atom is 0.138 e. The number of ether oxygens (including phenoxy) is 1. The second kappa shape index (κ2) is 5.80. The van der Waals surface area contributed by atoms with Gasteiger partial charge in [-0.25, -0.2) is 0 Å². The molecule has 1 aromatic heterocycles. The summed E-state index contributed by atoms with van der Waals surface area (Å²) in [6, 6.07) is 11.8. The molecule has 3 nitrogen and oxygen atoms in total. The first-order valence-electron chi connectivity index (χ1n) is 5.30. The normalized spacial score (nSPS) is 10.2. The van der Waals surface area contributed by atoms with Gasteiger partial charge in [0.15, 0.2) is 0 Å². The van der Waals surface area contributed by atoms with E-state index in [1.807, 2.05) is 36.4 Å². The number of aromatic nitrogens is 1. The first kappa shape index (κ1) is 12.1. The first-order valence-corrected chi connectivity index (χ1v) is 6.09. The number of nitrogens with two attached hydrogens (primary N) is 1. The highest BCUT2D eigenvalue weighted by atomic mass is 79.9. The van der Waals surface area contributed by atoms with Crippen LogP contribution in [0.3, 0.4) is 0 Å². The Morgan fingerprint density at radius 2 is 1.88 bits per heavy atom. The highest BCUT2D eigenvalue weighted by Crippen LogP contribution is 2.14. The van der Waals surface area contributed by atoms with Crippen LogP contribution in [0.5, 0.6) is 5.75 Å². The summed E-state index contributed by atoms with van der Waals surface area (Å²) < 4.78 is 6.68. The van der Waals surface area contributed by atoms with Crippen molar-refractivity contribution in [1.82, 2.24) is 4.98 Å². The molecule has 17 heavy (non-hydrogen) atoms. The van der Waals surface area contributed by atoms with Crippen molar-refractivity contribution in [2.75, 3.05) is 0 Å². The molecule has 0 aliphatic heterocycles. The van der Waals surface area contributed by atoms with Crippen LogP contribution in [0.2, 0.25) is 0 Å². The molecule has 88 valence electrons. The summed E-state index contributed by atoms with van der Waals surface area (Å²) in [6.07, 6.45) is 1.70. The Labute approximate surface area is 109 Å². The molecular weight excluding hydrogens is 280 g/mol. The second-order valence-electron chi connectivity index (χ2n) is 3.60. The van der Waals surface area contributed by atoms with Crippen molar-refractivity contribution in [2.45, 2.75) is 13.2 Å². The summed E-state index contributed by atoms with van der Waals surface area (Å²) >= 11 is 3.39. The Morgan fingerprint density at radius 1 is 1.12 bits per heavy atom. The zero-order valence-electron chi connectivity index (χ0n) is 9.27. The van der Waals surface area contributed by atoms with Gasteiger partial charge in [0.2, 0.25) is 0 Å². The van der Waals surface area contributed by atoms with Crippen LogP contribution in [0.1, 0.15) is 11.3 Å². The molecule has 1 heterocycles. The monoisotopic (exact) mass is 292 g/mol. The lowest BCUT2D eigenvalue weighted by Gasteiger charge is -2.06. The van der Waals surface area contributed by atoms with Crippen molar-refractivity contribution in [2.24, 2.45) is 5.73 Å². The first-order chi connectivity index (χ1) is 8.28. The van der Waals surface area contributed by atoms with Gasteiger partial charge in [0, 0.05) is 11.0 Å². The molecule has 0 spiro atoms. The van der Waals surface area contributed by atoms with Crippen LogP contribution in [0.25, 0.3) is 0 Å². The fourth-order valence-corrected chi connectivity index (χ4v) is 1.63. The topological polar surface area (TPSA) is 48.1 Å². The average Bonchev–Trinajstić information content (AvgIpc) is 2.39. The molecule has 0 saturated heterocycles. The van der Waals surface area contributed by atoms with E-state index in [1.54, 1.807) is 6.20 Å². The zero-order chi connectivity index (χ0) is 12.1. The van der Waals surface area contributed by atoms with E-state index in [0.29, 0.717) is 13.2 Å². The van der Waals surface area contributed by atoms with Gasteiger partial charge in [-0.1, -0.05) is 28.1 Å². The Balaban J connectivity index is 1.95. The van der Waals surface area contributed by atoms with E-state index >= 15 is 0 Å². The van der Waals surface area contributed by atoms with Crippen molar-refractivity contribution >= 4 is 15.9 Å². The van der Waals surface area contributed by atoms with Crippen LogP contribution in [-0.4, -0.2) is 4.98 Å². The van der Waals surface area contributed by atoms with Gasteiger partial charge in [0.1, 0.15) is 12.4 Å². The largest absolute Gasteiger partial charge is 0.487 e. The van der Waals surface area contributed by atoms with Crippen molar-refractivity contribution in [1.29, 1.82) is 0 Å². The minimum Gasteiger partial charge on any atom is -0.487 e. The molecule has 2 N–H and O–H groups in total. The van der Waals surface area contributed by atoms with Crippen molar-refractivity contribution in [3.8, 4) is 5.75 Å². The van der Waals surface area contributed by atoms with Crippen molar-refractivity contribution in [3.05, 3.63) is 58.3 Å². The Bertz CT molecular complexity index is 468. The van der Waals surface area contributed by atoms with E-state index in [1.165, 1.54) is 0 Å². The lowest BCUT2D eigenvalue weighted by atomic mass is 10.2. The van der Waals surface area contributed by atoms with Crippen LogP contribution in [0, 0.1) is 0 Å². The van der Waals surface area contributed by atoms with Gasteiger partial charge in [-0.05, 0) is 29.8 Å². The third-order valence-electron chi connectivity index (χ3n) is 2.33. The predicted octanol–water partition coefficient (Wildman–Crippen LogP) is 2.88. The van der Waals surface area contributed by atoms with Crippen LogP contribution < -0.4 is 10.5 Å². The maximum atomic E-state index is 5.61. The maximum absolute atomic E-state index is 5.61. The minimum atomic E-state index is 0.451. The molecule has 0 amide bonds. The third kappa shape index (κ3) is 3.54. The summed E-state index contributed by atoms with van der Waals surface area (Å²) in [5.41, 5.74) is 7.45. The molecule has 0 aliphatic rings. The molecule has 4 heteroatoms. The standard InChI is InChI=1S/C13H13BrN2O/c14-11-3-1-10(2-4-11)9-17-13-6-5-12(7-15)16-8-13/h1-6,8H,7,9,15H2. The highest BCUT2D eigenvalue weighted by molar-refractivity contribution is 9.10. The lowest BCUT2D eigenvalue weighted by molar-refractivity contribution is 0.305. The third-order valence-corrected chi connectivity index (χ3v) is 2.85. The van der Waals surface area contributed by atoms with E-state index in [2.05, 4.69) is 20.9 Å². The summed E-state index contributed by atoms with van der Waals surface area (Å²) in [4.78, 5) is 4.17. The van der Waals surface area contributed by atoms with E-state index in [4.69, 9.17) is 10.5 Å². The van der Waals surface area contributed by atoms with Crippen LogP contribution in [0.4, 0.5) is 0 Å². The Hall–Kier alpha value is -1.39. The number of pyridine rings is 1. The number of hydrogen-bond donors (Lipinski definition) is 1. The van der Waals surface area contributed by atoms with Gasteiger partial charge in [0.25, 0.3) is 0 Å². The second-order valence-corrected chi connectivity index (χ2v) is 4.52. The quantitative estimate of drug-likeness (QED) is 0.943.